The third kappa shape index (κ3) is 10.9. The van der Waals surface area contributed by atoms with Crippen LogP contribution < -0.4 is 16.4 Å². The molecule has 1 saturated carbocycles. The van der Waals surface area contributed by atoms with Gasteiger partial charge in [-0.2, -0.15) is 0 Å². The molecule has 1 aliphatic rings. The van der Waals surface area contributed by atoms with E-state index in [2.05, 4.69) is 10.6 Å². The first-order valence-electron chi connectivity index (χ1n) is 13.0. The average Bonchev–Trinajstić information content (AvgIpc) is 2.84. The maximum atomic E-state index is 13.1. The van der Waals surface area contributed by atoms with Crippen molar-refractivity contribution in [3.63, 3.8) is 0 Å². The predicted molar refractivity (Wildman–Crippen MR) is 142 cm³/mol. The van der Waals surface area contributed by atoms with Crippen molar-refractivity contribution in [2.45, 2.75) is 83.0 Å². The Morgan fingerprint density at radius 1 is 1.15 bits per heavy atom. The number of carboxylic acids is 1. The molecule has 12 nitrogen and oxygen atoms in total. The molecule has 0 aromatic heterocycles. The highest BCUT2D eigenvalue weighted by Gasteiger charge is 2.47. The lowest BCUT2D eigenvalue weighted by atomic mass is 9.66. The number of carbonyl (C=O) groups is 4. The molecule has 7 N–H and O–H groups in total. The van der Waals surface area contributed by atoms with Gasteiger partial charge in [0.15, 0.2) is 0 Å². The minimum Gasteiger partial charge on any atom is -0.480 e. The lowest BCUT2D eigenvalue weighted by Gasteiger charge is -2.41. The third-order valence-electron chi connectivity index (χ3n) is 6.65. The van der Waals surface area contributed by atoms with Gasteiger partial charge in [0.05, 0.1) is 6.42 Å². The lowest BCUT2D eigenvalue weighted by molar-refractivity contribution is -0.148. The highest BCUT2D eigenvalue weighted by atomic mass is 16.6. The summed E-state index contributed by atoms with van der Waals surface area (Å²) in [7, 11) is -1.48. The van der Waals surface area contributed by atoms with Crippen molar-refractivity contribution in [3.05, 3.63) is 35.9 Å². The number of carbonyl (C=O) groups excluding carboxylic acids is 3. The smallest absolute Gasteiger partial charge is 0.451 e. The van der Waals surface area contributed by atoms with Gasteiger partial charge in [0, 0.05) is 12.5 Å². The molecule has 1 aromatic carbocycles. The van der Waals surface area contributed by atoms with Crippen molar-refractivity contribution in [2.24, 2.45) is 17.6 Å². The maximum absolute atomic E-state index is 13.1. The molecule has 0 aliphatic heterocycles. The number of aliphatic carboxylic acids is 1. The van der Waals surface area contributed by atoms with Crippen LogP contribution in [0.3, 0.4) is 0 Å². The summed E-state index contributed by atoms with van der Waals surface area (Å²) in [4.78, 5) is 50.1. The molecule has 13 heteroatoms. The second-order valence-corrected chi connectivity index (χ2v) is 11.0. The van der Waals surface area contributed by atoms with E-state index >= 15 is 0 Å². The number of nitrogens with one attached hydrogen (secondary N) is 2. The number of esters is 1. The summed E-state index contributed by atoms with van der Waals surface area (Å²) in [5, 5.41) is 33.2. The summed E-state index contributed by atoms with van der Waals surface area (Å²) in [6.07, 6.45) is 0.255. The topological polar surface area (TPSA) is 198 Å². The maximum Gasteiger partial charge on any atom is 0.451 e. The van der Waals surface area contributed by atoms with E-state index in [1.165, 1.54) is 0 Å². The Bertz CT molecular complexity index is 987. The van der Waals surface area contributed by atoms with Gasteiger partial charge in [-0.1, -0.05) is 36.8 Å². The molecule has 39 heavy (non-hydrogen) atoms. The van der Waals surface area contributed by atoms with Crippen LogP contribution in [0.1, 0.15) is 58.4 Å². The minimum absolute atomic E-state index is 0.00863. The van der Waals surface area contributed by atoms with E-state index in [4.69, 9.17) is 25.3 Å². The zero-order valence-electron chi connectivity index (χ0n) is 22.7. The number of nitrogens with two attached hydrogens (primary N) is 1. The molecule has 1 aromatic rings. The monoisotopic (exact) mass is 549 g/mol. The standard InChI is InChI=1S/C26H40BN3O9/c1-25(2,3)39-24(35)30-20(13-21(31)38-16-18-7-5-4-6-8-18)22(32)29-15-19-10-9-17(11-12-27(36)37)14-26(19,28)23(33)34/h4-8,17,19-20,36-37H,9-16,28H2,1-3H3,(H,29,32)(H,30,35)(H,33,34)/t17-,19-,20-,26+/m0/s1. The zero-order valence-corrected chi connectivity index (χ0v) is 22.7. The highest BCUT2D eigenvalue weighted by molar-refractivity contribution is 6.40. The van der Waals surface area contributed by atoms with Gasteiger partial charge >= 0.3 is 25.2 Å². The Labute approximate surface area is 228 Å². The first-order chi connectivity index (χ1) is 18.2. The molecule has 216 valence electrons. The summed E-state index contributed by atoms with van der Waals surface area (Å²) < 4.78 is 10.5. The van der Waals surface area contributed by atoms with Crippen LogP contribution in [0.4, 0.5) is 4.79 Å². The Balaban J connectivity index is 2.05. The van der Waals surface area contributed by atoms with Crippen LogP contribution in [0.25, 0.3) is 0 Å². The van der Waals surface area contributed by atoms with E-state index in [9.17, 15) is 24.3 Å². The minimum atomic E-state index is -1.64. The second-order valence-electron chi connectivity index (χ2n) is 11.0. The van der Waals surface area contributed by atoms with Crippen LogP contribution in [-0.2, 0) is 30.5 Å². The summed E-state index contributed by atoms with van der Waals surface area (Å²) in [5.74, 6) is -3.39. The van der Waals surface area contributed by atoms with E-state index < -0.39 is 60.6 Å². The molecular weight excluding hydrogens is 509 g/mol. The van der Waals surface area contributed by atoms with Crippen molar-refractivity contribution in [1.82, 2.24) is 10.6 Å². The van der Waals surface area contributed by atoms with E-state index in [0.717, 1.165) is 5.56 Å². The van der Waals surface area contributed by atoms with Crippen molar-refractivity contribution >= 4 is 31.1 Å². The largest absolute Gasteiger partial charge is 0.480 e. The highest BCUT2D eigenvalue weighted by Crippen LogP contribution is 2.38. The first-order valence-corrected chi connectivity index (χ1v) is 13.0. The number of rotatable bonds is 12. The van der Waals surface area contributed by atoms with Gasteiger partial charge in [0.1, 0.15) is 23.8 Å². The van der Waals surface area contributed by atoms with Gasteiger partial charge in [-0.3, -0.25) is 14.4 Å². The summed E-state index contributed by atoms with van der Waals surface area (Å²) >= 11 is 0. The normalized spacial score (nSPS) is 21.8. The Morgan fingerprint density at radius 3 is 2.41 bits per heavy atom. The number of ether oxygens (including phenoxy) is 2. The quantitative estimate of drug-likeness (QED) is 0.163. The van der Waals surface area contributed by atoms with E-state index in [-0.39, 0.29) is 31.8 Å². The van der Waals surface area contributed by atoms with E-state index in [0.29, 0.717) is 19.3 Å². The fourth-order valence-electron chi connectivity index (χ4n) is 4.59. The molecule has 4 atom stereocenters. The number of carboxylic acid groups (broad SMARTS) is 1. The Morgan fingerprint density at radius 2 is 1.82 bits per heavy atom. The summed E-state index contributed by atoms with van der Waals surface area (Å²) in [6.45, 7) is 4.86. The molecule has 0 spiro atoms. The van der Waals surface area contributed by atoms with Gasteiger partial charge in [-0.15, -0.1) is 0 Å². The van der Waals surface area contributed by atoms with Gasteiger partial charge in [-0.25, -0.2) is 4.79 Å². The molecule has 0 saturated heterocycles. The SMILES string of the molecule is CC(C)(C)OC(=O)N[C@@H](CC(=O)OCc1ccccc1)C(=O)NC[C@@H]1CC[C@@H](CCB(O)O)C[C@]1(N)C(=O)O. The fourth-order valence-corrected chi connectivity index (χ4v) is 4.59. The Kier molecular flexibility index (Phi) is 11.7. The van der Waals surface area contributed by atoms with Gasteiger partial charge in [0.2, 0.25) is 5.91 Å². The average molecular weight is 549 g/mol. The van der Waals surface area contributed by atoms with E-state index in [1.54, 1.807) is 45.0 Å². The van der Waals surface area contributed by atoms with Crippen molar-refractivity contribution in [3.8, 4) is 0 Å². The molecule has 0 heterocycles. The summed E-state index contributed by atoms with van der Waals surface area (Å²) in [5.41, 5.74) is 4.56. The fraction of sp³-hybridized carbons (Fsp3) is 0.615. The third-order valence-corrected chi connectivity index (χ3v) is 6.65. The van der Waals surface area contributed by atoms with Gasteiger partial charge in [0.25, 0.3) is 0 Å². The first kappa shape index (κ1) is 32.1. The predicted octanol–water partition coefficient (Wildman–Crippen LogP) is 1.19. The molecule has 1 aliphatic carbocycles. The van der Waals surface area contributed by atoms with Crippen LogP contribution in [0, 0.1) is 11.8 Å². The lowest BCUT2D eigenvalue weighted by Crippen LogP contribution is -2.60. The van der Waals surface area contributed by atoms with Crippen LogP contribution in [0.5, 0.6) is 0 Å². The van der Waals surface area contributed by atoms with Crippen LogP contribution >= 0.6 is 0 Å². The number of alkyl carbamates (subject to hydrolysis) is 1. The molecule has 2 amide bonds. The Hall–Kier alpha value is -3.16. The molecule has 0 bridgehead atoms. The van der Waals surface area contributed by atoms with Crippen molar-refractivity contribution in [2.75, 3.05) is 6.54 Å². The van der Waals surface area contributed by atoms with Gasteiger partial charge in [-0.05, 0) is 57.8 Å². The zero-order chi connectivity index (χ0) is 29.2. The number of hydrogen-bond donors (Lipinski definition) is 6. The molecule has 1 fully saturated rings. The second kappa shape index (κ2) is 14.3. The summed E-state index contributed by atoms with van der Waals surface area (Å²) in [6, 6.07) is 7.63. The molecule has 0 unspecified atom stereocenters. The van der Waals surface area contributed by atoms with Crippen molar-refractivity contribution < 1.29 is 43.8 Å². The molecule has 0 radical (unpaired) electrons. The van der Waals surface area contributed by atoms with Crippen LogP contribution in [-0.4, -0.2) is 69.9 Å². The van der Waals surface area contributed by atoms with Gasteiger partial charge < -0.3 is 41.0 Å². The molecular formula is C26H40BN3O9. The van der Waals surface area contributed by atoms with Crippen molar-refractivity contribution in [1.29, 1.82) is 0 Å². The van der Waals surface area contributed by atoms with E-state index in [1.807, 2.05) is 6.07 Å². The number of benzene rings is 1. The van der Waals surface area contributed by atoms with Crippen LogP contribution in [0.2, 0.25) is 6.32 Å². The number of hydrogen-bond acceptors (Lipinski definition) is 9. The van der Waals surface area contributed by atoms with Crippen LogP contribution in [0.15, 0.2) is 30.3 Å². The molecule has 2 rings (SSSR count). The number of amides is 2.